The lowest BCUT2D eigenvalue weighted by molar-refractivity contribution is -0.362. The summed E-state index contributed by atoms with van der Waals surface area (Å²) in [6, 6.07) is 3.49. The van der Waals surface area contributed by atoms with Gasteiger partial charge in [-0.1, -0.05) is 19.1 Å². The smallest absolute Gasteiger partial charge is 0.396 e. The van der Waals surface area contributed by atoms with Gasteiger partial charge in [0.2, 0.25) is 5.91 Å². The van der Waals surface area contributed by atoms with Crippen LogP contribution >= 0.6 is 0 Å². The van der Waals surface area contributed by atoms with Crippen LogP contribution in [0.5, 0.6) is 0 Å². The lowest BCUT2D eigenvalue weighted by atomic mass is 9.87. The van der Waals surface area contributed by atoms with Crippen molar-refractivity contribution in [3.8, 4) is 0 Å². The molecule has 0 radical (unpaired) electrons. The van der Waals surface area contributed by atoms with E-state index >= 15 is 8.63 Å². The Hall–Kier alpha value is -3.91. The molecule has 0 aliphatic carbocycles. The van der Waals surface area contributed by atoms with Crippen molar-refractivity contribution in [2.24, 2.45) is 5.41 Å². The summed E-state index contributed by atoms with van der Waals surface area (Å²) in [6.45, 7) is 3.05. The molecular formula is C27H36BF2N7O4. The quantitative estimate of drug-likeness (QED) is 0.225. The summed E-state index contributed by atoms with van der Waals surface area (Å²) in [4.78, 5) is 23.9. The average molecular weight is 571 g/mol. The van der Waals surface area contributed by atoms with E-state index in [0.717, 1.165) is 26.8 Å². The van der Waals surface area contributed by atoms with Gasteiger partial charge in [-0.25, -0.2) is 0 Å². The van der Waals surface area contributed by atoms with E-state index in [1.165, 1.54) is 0 Å². The predicted octanol–water partition coefficient (Wildman–Crippen LogP) is 1.39. The first-order valence-corrected chi connectivity index (χ1v) is 13.5. The van der Waals surface area contributed by atoms with E-state index in [4.69, 9.17) is 0 Å². The lowest BCUT2D eigenvalue weighted by Crippen LogP contribution is -2.50. The lowest BCUT2D eigenvalue weighted by Gasteiger charge is -2.31. The summed E-state index contributed by atoms with van der Waals surface area (Å²) in [5.41, 5.74) is 2.64. The molecule has 14 heteroatoms. The van der Waals surface area contributed by atoms with Crippen molar-refractivity contribution in [3.63, 3.8) is 0 Å². The maximum atomic E-state index is 15.5. The van der Waals surface area contributed by atoms with Gasteiger partial charge in [0.15, 0.2) is 5.70 Å². The van der Waals surface area contributed by atoms with E-state index < -0.39 is 30.3 Å². The summed E-state index contributed by atoms with van der Waals surface area (Å²) >= 11 is 0. The Balaban J connectivity index is 1.22. The van der Waals surface area contributed by atoms with Gasteiger partial charge >= 0.3 is 6.97 Å². The number of carbonyl (C=O) groups is 2. The van der Waals surface area contributed by atoms with Gasteiger partial charge in [-0.2, -0.15) is 0 Å². The number of hydrogen-bond acceptors (Lipinski definition) is 6. The number of aliphatic hydroxyl groups excluding tert-OH is 2. The van der Waals surface area contributed by atoms with E-state index in [1.807, 2.05) is 13.0 Å². The largest absolute Gasteiger partial charge is 0.737 e. The number of aryl methyl sites for hydroxylation is 2. The molecule has 2 amide bonds. The minimum Gasteiger partial charge on any atom is -0.396 e. The van der Waals surface area contributed by atoms with Gasteiger partial charge < -0.3 is 38.4 Å². The molecule has 11 nitrogen and oxygen atoms in total. The first-order chi connectivity index (χ1) is 19.3. The SMILES string of the molecule is CC1=CC(C)=[N+]2C1=Cc1ccc(CCCn3cc(CCNC(=O)/C=C/NC(=O)[C@H](O)C(C)(C)CO)nn3)n1[B-]2(F)F. The Morgan fingerprint density at radius 2 is 1.98 bits per heavy atom. The zero-order valence-electron chi connectivity index (χ0n) is 23.6. The third-order valence-corrected chi connectivity index (χ3v) is 7.35. The van der Waals surface area contributed by atoms with Crippen LogP contribution in [0.25, 0.3) is 6.08 Å². The van der Waals surface area contributed by atoms with E-state index in [0.29, 0.717) is 54.3 Å². The molecule has 0 unspecified atom stereocenters. The monoisotopic (exact) mass is 571 g/mol. The molecule has 0 saturated carbocycles. The van der Waals surface area contributed by atoms with Crippen molar-refractivity contribution in [2.45, 2.75) is 59.6 Å². The third-order valence-electron chi connectivity index (χ3n) is 7.35. The van der Waals surface area contributed by atoms with E-state index in [-0.39, 0.29) is 13.2 Å². The number of aliphatic hydroxyl groups is 2. The molecule has 0 aromatic carbocycles. The van der Waals surface area contributed by atoms with Crippen molar-refractivity contribution < 1.29 is 32.9 Å². The number of halogens is 2. The molecule has 2 aromatic rings. The standard InChI is InChI=1S/C27H36BF2N7O4/c1-18-14-19(2)36-23(18)15-22-8-7-21(37(22)28(36,29)30)6-5-13-35-16-20(33-34-35)9-11-31-24(39)10-12-32-26(41)25(40)27(3,4)17-38/h7-8,10,12,14-16,25,38,40H,5-6,9,11,13,17H2,1-4H3,(H,31,39)(H,32,41)/b12-10+/t25-/m0/s1. The minimum absolute atomic E-state index is 0.278. The molecule has 2 aliphatic heterocycles. The Morgan fingerprint density at radius 1 is 1.22 bits per heavy atom. The maximum Gasteiger partial charge on any atom is 0.737 e. The number of fused-ring (bicyclic) bond motifs is 2. The molecule has 0 fully saturated rings. The van der Waals surface area contributed by atoms with Gasteiger partial charge in [0, 0.05) is 73.7 Å². The zero-order chi connectivity index (χ0) is 29.9. The van der Waals surface area contributed by atoms with E-state index in [9.17, 15) is 19.8 Å². The van der Waals surface area contributed by atoms with Crippen LogP contribution in [-0.2, 0) is 29.0 Å². The Morgan fingerprint density at radius 3 is 2.71 bits per heavy atom. The van der Waals surface area contributed by atoms with Crippen LogP contribution in [0, 0.1) is 5.41 Å². The normalized spacial score (nSPS) is 16.8. The van der Waals surface area contributed by atoms with Crippen LogP contribution in [0.2, 0.25) is 0 Å². The van der Waals surface area contributed by atoms with Crippen LogP contribution in [0.15, 0.2) is 48.0 Å². The predicted molar refractivity (Wildman–Crippen MR) is 150 cm³/mol. The molecule has 2 aliphatic rings. The van der Waals surface area contributed by atoms with Crippen molar-refractivity contribution in [2.75, 3.05) is 13.2 Å². The zero-order valence-corrected chi connectivity index (χ0v) is 23.6. The van der Waals surface area contributed by atoms with Crippen molar-refractivity contribution in [3.05, 3.63) is 65.0 Å². The fourth-order valence-corrected chi connectivity index (χ4v) is 4.97. The highest BCUT2D eigenvalue weighted by atomic mass is 19.2. The number of nitrogens with zero attached hydrogens (tertiary/aromatic N) is 5. The first-order valence-electron chi connectivity index (χ1n) is 13.5. The number of hydrogen-bond donors (Lipinski definition) is 4. The highest BCUT2D eigenvalue weighted by molar-refractivity contribution is 6.58. The number of amides is 2. The molecule has 2 aromatic heterocycles. The highest BCUT2D eigenvalue weighted by Gasteiger charge is 2.52. The molecular weight excluding hydrogens is 535 g/mol. The first kappa shape index (κ1) is 30.1. The number of allylic oxidation sites excluding steroid dienone is 2. The van der Waals surface area contributed by atoms with Gasteiger partial charge in [0.25, 0.3) is 5.91 Å². The molecule has 0 bridgehead atoms. The summed E-state index contributed by atoms with van der Waals surface area (Å²) in [5, 5.41) is 32.3. The van der Waals surface area contributed by atoms with E-state index in [2.05, 4.69) is 20.9 Å². The minimum atomic E-state index is -3.98. The summed E-state index contributed by atoms with van der Waals surface area (Å²) in [5.74, 6) is -1.17. The second-order valence-corrected chi connectivity index (χ2v) is 11.1. The van der Waals surface area contributed by atoms with Gasteiger partial charge in [-0.05, 0) is 37.6 Å². The highest BCUT2D eigenvalue weighted by Crippen LogP contribution is 2.35. The maximum absolute atomic E-state index is 15.5. The van der Waals surface area contributed by atoms with E-state index in [1.54, 1.807) is 49.9 Å². The molecule has 0 spiro atoms. The topological polar surface area (TPSA) is 137 Å². The number of aromatic nitrogens is 4. The Labute approximate surface area is 237 Å². The van der Waals surface area contributed by atoms with Crippen LogP contribution in [0.3, 0.4) is 0 Å². The fraction of sp³-hybridized carbons (Fsp3) is 0.444. The van der Waals surface area contributed by atoms with Gasteiger partial charge in [0.1, 0.15) is 11.8 Å². The average Bonchev–Trinajstić information content (AvgIpc) is 3.62. The van der Waals surface area contributed by atoms with Gasteiger partial charge in [0.05, 0.1) is 12.3 Å². The van der Waals surface area contributed by atoms with Crippen LogP contribution in [0.1, 0.15) is 51.2 Å². The number of nitrogens with one attached hydrogen (secondary N) is 2. The summed E-state index contributed by atoms with van der Waals surface area (Å²) in [7, 11) is 0. The Bertz CT molecular complexity index is 1450. The molecule has 220 valence electrons. The number of carbonyl (C=O) groups excluding carboxylic acids is 2. The number of rotatable bonds is 12. The van der Waals surface area contributed by atoms with Crippen molar-refractivity contribution >= 4 is 30.6 Å². The molecule has 4 rings (SSSR count). The second kappa shape index (κ2) is 11.9. The fourth-order valence-electron chi connectivity index (χ4n) is 4.97. The molecule has 41 heavy (non-hydrogen) atoms. The van der Waals surface area contributed by atoms with Crippen LogP contribution in [0.4, 0.5) is 8.63 Å². The van der Waals surface area contributed by atoms with Gasteiger partial charge in [-0.3, -0.25) is 14.3 Å². The van der Waals surface area contributed by atoms with Crippen molar-refractivity contribution in [1.29, 1.82) is 0 Å². The molecule has 4 N–H and O–H groups in total. The Kier molecular flexibility index (Phi) is 8.73. The van der Waals surface area contributed by atoms with Crippen LogP contribution < -0.4 is 10.6 Å². The van der Waals surface area contributed by atoms with Crippen molar-refractivity contribution in [1.82, 2.24) is 30.1 Å². The summed E-state index contributed by atoms with van der Waals surface area (Å²) < 4.78 is 35.1. The molecule has 4 heterocycles. The van der Waals surface area contributed by atoms with Gasteiger partial charge in [-0.15, -0.1) is 5.10 Å². The molecule has 1 atom stereocenters. The second-order valence-electron chi connectivity index (χ2n) is 11.1. The summed E-state index contributed by atoms with van der Waals surface area (Å²) in [6.07, 6.45) is 7.62. The third kappa shape index (κ3) is 6.38. The van der Waals surface area contributed by atoms with Crippen LogP contribution in [-0.4, -0.2) is 77.9 Å². The molecule has 0 saturated heterocycles.